The van der Waals surface area contributed by atoms with E-state index in [1.165, 1.54) is 11.5 Å². The minimum atomic E-state index is -0.0926. The Bertz CT molecular complexity index is 419. The highest BCUT2D eigenvalue weighted by Gasteiger charge is 2.11. The first-order valence-corrected chi connectivity index (χ1v) is 5.71. The van der Waals surface area contributed by atoms with Crippen molar-refractivity contribution in [2.75, 3.05) is 11.9 Å². The van der Waals surface area contributed by atoms with E-state index in [-0.39, 0.29) is 18.5 Å². The second kappa shape index (κ2) is 5.47. The summed E-state index contributed by atoms with van der Waals surface area (Å²) in [4.78, 5) is 11.4. The van der Waals surface area contributed by atoms with Crippen LogP contribution in [0.1, 0.15) is 25.1 Å². The van der Waals surface area contributed by atoms with Gasteiger partial charge < -0.3 is 10.6 Å². The number of hydrogen-bond acceptors (Lipinski definition) is 5. The lowest BCUT2D eigenvalue weighted by molar-refractivity contribution is -0.119. The van der Waals surface area contributed by atoms with Crippen LogP contribution in [-0.4, -0.2) is 22.9 Å². The van der Waals surface area contributed by atoms with E-state index in [9.17, 15) is 4.79 Å². The molecule has 0 bridgehead atoms. The van der Waals surface area contributed by atoms with Gasteiger partial charge in [-0.1, -0.05) is 0 Å². The molecule has 0 saturated carbocycles. The van der Waals surface area contributed by atoms with Crippen LogP contribution in [0.25, 0.3) is 0 Å². The molecule has 5 nitrogen and oxygen atoms in total. The van der Waals surface area contributed by atoms with Crippen LogP contribution >= 0.6 is 11.5 Å². The van der Waals surface area contributed by atoms with Gasteiger partial charge in [0, 0.05) is 6.04 Å². The highest BCUT2D eigenvalue weighted by Crippen LogP contribution is 2.22. The molecule has 0 fully saturated rings. The van der Waals surface area contributed by atoms with Crippen LogP contribution in [0.3, 0.4) is 0 Å². The molecular formula is C10H14N4OS. The molecule has 0 spiro atoms. The Kier molecular flexibility index (Phi) is 4.26. The van der Waals surface area contributed by atoms with Crippen molar-refractivity contribution in [3.05, 3.63) is 11.3 Å². The van der Waals surface area contributed by atoms with Crippen LogP contribution in [0.2, 0.25) is 0 Å². The molecule has 1 heterocycles. The lowest BCUT2D eigenvalue weighted by Crippen LogP contribution is -2.34. The van der Waals surface area contributed by atoms with E-state index in [1.54, 1.807) is 6.92 Å². The topological polar surface area (TPSA) is 77.8 Å². The van der Waals surface area contributed by atoms with E-state index in [4.69, 9.17) is 5.26 Å². The number of anilines is 1. The van der Waals surface area contributed by atoms with Gasteiger partial charge >= 0.3 is 0 Å². The number of nitriles is 1. The molecular weight excluding hydrogens is 224 g/mol. The molecule has 1 aromatic heterocycles. The first-order chi connectivity index (χ1) is 7.54. The summed E-state index contributed by atoms with van der Waals surface area (Å²) in [6.07, 6.45) is 0. The third-order valence-electron chi connectivity index (χ3n) is 1.83. The summed E-state index contributed by atoms with van der Waals surface area (Å²) in [5, 5.41) is 15.2. The normalized spacial score (nSPS) is 9.94. The minimum Gasteiger partial charge on any atom is -0.366 e. The molecule has 1 aromatic rings. The number of aromatic nitrogens is 1. The third kappa shape index (κ3) is 3.21. The zero-order valence-electron chi connectivity index (χ0n) is 9.50. The standard InChI is InChI=1S/C10H14N4OS/c1-6(2)13-9(15)5-12-10-8(4-11)7(3)14-16-10/h6,12H,5H2,1-3H3,(H,13,15). The number of rotatable bonds is 4. The summed E-state index contributed by atoms with van der Waals surface area (Å²) in [5.41, 5.74) is 1.21. The first kappa shape index (κ1) is 12.5. The largest absolute Gasteiger partial charge is 0.366 e. The van der Waals surface area contributed by atoms with Gasteiger partial charge in [-0.15, -0.1) is 0 Å². The Morgan fingerprint density at radius 3 is 2.88 bits per heavy atom. The molecule has 1 amide bonds. The van der Waals surface area contributed by atoms with Crippen LogP contribution < -0.4 is 10.6 Å². The maximum absolute atomic E-state index is 11.4. The Morgan fingerprint density at radius 1 is 1.62 bits per heavy atom. The highest BCUT2D eigenvalue weighted by molar-refractivity contribution is 7.10. The predicted octanol–water partition coefficient (Wildman–Crippen LogP) is 1.26. The van der Waals surface area contributed by atoms with Crippen LogP contribution in [0.5, 0.6) is 0 Å². The molecule has 6 heteroatoms. The van der Waals surface area contributed by atoms with Gasteiger partial charge in [0.25, 0.3) is 0 Å². The molecule has 2 N–H and O–H groups in total. The monoisotopic (exact) mass is 238 g/mol. The summed E-state index contributed by atoms with van der Waals surface area (Å²) in [6, 6.07) is 2.18. The van der Waals surface area contributed by atoms with Crippen molar-refractivity contribution in [1.82, 2.24) is 9.69 Å². The Labute approximate surface area is 98.6 Å². The van der Waals surface area contributed by atoms with E-state index < -0.39 is 0 Å². The van der Waals surface area contributed by atoms with E-state index in [0.29, 0.717) is 16.3 Å². The molecule has 1 rings (SSSR count). The molecule has 0 unspecified atom stereocenters. The first-order valence-electron chi connectivity index (χ1n) is 4.94. The van der Waals surface area contributed by atoms with Crippen molar-refractivity contribution in [2.24, 2.45) is 0 Å². The van der Waals surface area contributed by atoms with Crippen molar-refractivity contribution in [1.29, 1.82) is 5.26 Å². The zero-order chi connectivity index (χ0) is 12.1. The summed E-state index contributed by atoms with van der Waals surface area (Å²) < 4.78 is 4.05. The number of hydrogen-bond donors (Lipinski definition) is 2. The van der Waals surface area contributed by atoms with Gasteiger partial charge in [0.1, 0.15) is 16.6 Å². The average molecular weight is 238 g/mol. The fraction of sp³-hybridized carbons (Fsp3) is 0.500. The average Bonchev–Trinajstić information content (AvgIpc) is 2.55. The van der Waals surface area contributed by atoms with Crippen molar-refractivity contribution in [3.8, 4) is 6.07 Å². The van der Waals surface area contributed by atoms with E-state index in [2.05, 4.69) is 21.1 Å². The third-order valence-corrected chi connectivity index (χ3v) is 2.73. The molecule has 86 valence electrons. The number of carbonyl (C=O) groups is 1. The predicted molar refractivity (Wildman–Crippen MR) is 63.3 cm³/mol. The lowest BCUT2D eigenvalue weighted by atomic mass is 10.3. The van der Waals surface area contributed by atoms with Crippen molar-refractivity contribution in [2.45, 2.75) is 26.8 Å². The highest BCUT2D eigenvalue weighted by atomic mass is 32.1. The van der Waals surface area contributed by atoms with E-state index >= 15 is 0 Å². The van der Waals surface area contributed by atoms with Crippen molar-refractivity contribution in [3.63, 3.8) is 0 Å². The fourth-order valence-corrected chi connectivity index (χ4v) is 1.90. The molecule has 0 radical (unpaired) electrons. The fourth-order valence-electron chi connectivity index (χ4n) is 1.16. The molecule has 0 aromatic carbocycles. The second-order valence-electron chi connectivity index (χ2n) is 3.66. The quantitative estimate of drug-likeness (QED) is 0.827. The van der Waals surface area contributed by atoms with Gasteiger partial charge in [-0.05, 0) is 32.3 Å². The number of amides is 1. The van der Waals surface area contributed by atoms with Gasteiger partial charge in [-0.25, -0.2) is 0 Å². The van der Waals surface area contributed by atoms with Gasteiger partial charge in [0.2, 0.25) is 5.91 Å². The molecule has 0 saturated heterocycles. The van der Waals surface area contributed by atoms with Gasteiger partial charge in [-0.2, -0.15) is 9.64 Å². The summed E-state index contributed by atoms with van der Waals surface area (Å²) in [7, 11) is 0. The minimum absolute atomic E-state index is 0.0926. The molecule has 0 atom stereocenters. The zero-order valence-corrected chi connectivity index (χ0v) is 10.3. The van der Waals surface area contributed by atoms with E-state index in [0.717, 1.165) is 0 Å². The summed E-state index contributed by atoms with van der Waals surface area (Å²) >= 11 is 1.20. The second-order valence-corrected chi connectivity index (χ2v) is 4.43. The number of carbonyl (C=O) groups excluding carboxylic acids is 1. The molecule has 0 aliphatic carbocycles. The molecule has 0 aliphatic heterocycles. The van der Waals surface area contributed by atoms with Gasteiger partial charge in [0.05, 0.1) is 12.2 Å². The van der Waals surface area contributed by atoms with E-state index in [1.807, 2.05) is 13.8 Å². The Morgan fingerprint density at radius 2 is 2.31 bits per heavy atom. The Balaban J connectivity index is 2.55. The smallest absolute Gasteiger partial charge is 0.239 e. The number of aryl methyl sites for hydroxylation is 1. The van der Waals surface area contributed by atoms with Crippen LogP contribution in [0, 0.1) is 18.3 Å². The van der Waals surface area contributed by atoms with Crippen molar-refractivity contribution >= 4 is 22.4 Å². The van der Waals surface area contributed by atoms with Crippen LogP contribution in [0.15, 0.2) is 0 Å². The van der Waals surface area contributed by atoms with Crippen LogP contribution in [-0.2, 0) is 4.79 Å². The molecule has 16 heavy (non-hydrogen) atoms. The number of nitrogens with one attached hydrogen (secondary N) is 2. The Hall–Kier alpha value is -1.61. The maximum Gasteiger partial charge on any atom is 0.239 e. The summed E-state index contributed by atoms with van der Waals surface area (Å²) in [5.74, 6) is -0.0926. The van der Waals surface area contributed by atoms with Crippen molar-refractivity contribution < 1.29 is 4.79 Å². The van der Waals surface area contributed by atoms with Gasteiger partial charge in [-0.3, -0.25) is 4.79 Å². The van der Waals surface area contributed by atoms with Crippen LogP contribution in [0.4, 0.5) is 5.00 Å². The lowest BCUT2D eigenvalue weighted by Gasteiger charge is -2.08. The SMILES string of the molecule is Cc1nsc(NCC(=O)NC(C)C)c1C#N. The summed E-state index contributed by atoms with van der Waals surface area (Å²) in [6.45, 7) is 5.73. The van der Waals surface area contributed by atoms with Gasteiger partial charge in [0.15, 0.2) is 0 Å². The molecule has 0 aliphatic rings. The maximum atomic E-state index is 11.4. The number of nitrogens with zero attached hydrogens (tertiary/aromatic N) is 2.